The zero-order valence-electron chi connectivity index (χ0n) is 18.2. The van der Waals surface area contributed by atoms with Crippen molar-refractivity contribution in [1.29, 1.82) is 0 Å². The Bertz CT molecular complexity index is 1010. The van der Waals surface area contributed by atoms with E-state index in [2.05, 4.69) is 36.1 Å². The largest absolute Gasteiger partial charge is 0.337 e. The van der Waals surface area contributed by atoms with Crippen molar-refractivity contribution in [2.24, 2.45) is 0 Å². The highest BCUT2D eigenvalue weighted by atomic mass is 32.2. The van der Waals surface area contributed by atoms with Gasteiger partial charge in [0.1, 0.15) is 0 Å². The summed E-state index contributed by atoms with van der Waals surface area (Å²) in [5.41, 5.74) is 3.17. The number of benzene rings is 2. The van der Waals surface area contributed by atoms with Gasteiger partial charge in [-0.05, 0) is 61.6 Å². The summed E-state index contributed by atoms with van der Waals surface area (Å²) >= 11 is 0. The number of carbonyl (C=O) groups is 1. The minimum atomic E-state index is -3.45. The molecule has 0 bridgehead atoms. The first-order valence-electron chi connectivity index (χ1n) is 11.1. The highest BCUT2D eigenvalue weighted by molar-refractivity contribution is 7.89. The molecule has 31 heavy (non-hydrogen) atoms. The van der Waals surface area contributed by atoms with Crippen LogP contribution >= 0.6 is 0 Å². The van der Waals surface area contributed by atoms with Crippen LogP contribution in [0, 0.1) is 6.92 Å². The Labute approximate surface area is 185 Å². The molecule has 1 amide bonds. The van der Waals surface area contributed by atoms with Gasteiger partial charge in [0.05, 0.1) is 4.90 Å². The third-order valence-electron chi connectivity index (χ3n) is 6.34. The Morgan fingerprint density at radius 3 is 2.26 bits per heavy atom. The molecule has 7 heteroatoms. The van der Waals surface area contributed by atoms with Crippen LogP contribution in [0.15, 0.2) is 53.4 Å². The molecule has 0 atom stereocenters. The Hall–Kier alpha value is -2.22. The lowest BCUT2D eigenvalue weighted by Gasteiger charge is -2.23. The molecule has 0 spiro atoms. The Morgan fingerprint density at radius 1 is 0.839 bits per heavy atom. The van der Waals surface area contributed by atoms with Gasteiger partial charge in [-0.25, -0.2) is 8.42 Å². The standard InChI is InChI=1S/C24H31N3O3S/c1-20-7-2-3-8-22(20)19-25-13-6-14-26(18-17-25)24(28)21-9-11-23(12-10-21)31(29,30)27-15-4-5-16-27/h2-3,7-12H,4-6,13-19H2,1H3. The van der Waals surface area contributed by atoms with Crippen molar-refractivity contribution >= 4 is 15.9 Å². The van der Waals surface area contributed by atoms with Crippen molar-refractivity contribution < 1.29 is 13.2 Å². The second-order valence-electron chi connectivity index (χ2n) is 8.48. The van der Waals surface area contributed by atoms with Crippen molar-refractivity contribution in [2.45, 2.75) is 37.6 Å². The van der Waals surface area contributed by atoms with E-state index < -0.39 is 10.0 Å². The van der Waals surface area contributed by atoms with Crippen LogP contribution in [0.5, 0.6) is 0 Å². The molecule has 2 saturated heterocycles. The summed E-state index contributed by atoms with van der Waals surface area (Å²) in [5, 5.41) is 0. The van der Waals surface area contributed by atoms with Crippen LogP contribution < -0.4 is 0 Å². The minimum absolute atomic E-state index is 0.0251. The number of hydrogen-bond acceptors (Lipinski definition) is 4. The van der Waals surface area contributed by atoms with Crippen molar-refractivity contribution in [3.8, 4) is 0 Å². The Kier molecular flexibility index (Phi) is 6.74. The molecule has 0 N–H and O–H groups in total. The zero-order valence-corrected chi connectivity index (χ0v) is 19.0. The van der Waals surface area contributed by atoms with Crippen molar-refractivity contribution in [2.75, 3.05) is 39.3 Å². The summed E-state index contributed by atoms with van der Waals surface area (Å²) in [6.07, 6.45) is 2.75. The number of aryl methyl sites for hydroxylation is 1. The molecular weight excluding hydrogens is 410 g/mol. The highest BCUT2D eigenvalue weighted by Gasteiger charge is 2.27. The molecule has 0 aliphatic carbocycles. The molecule has 166 valence electrons. The lowest BCUT2D eigenvalue weighted by Crippen LogP contribution is -2.35. The third-order valence-corrected chi connectivity index (χ3v) is 8.25. The molecule has 2 aliphatic rings. The van der Waals surface area contributed by atoms with E-state index in [-0.39, 0.29) is 10.8 Å². The SMILES string of the molecule is Cc1ccccc1CN1CCCN(C(=O)c2ccc(S(=O)(=O)N3CCCC3)cc2)CC1. The molecule has 2 fully saturated rings. The maximum absolute atomic E-state index is 13.0. The van der Waals surface area contributed by atoms with Crippen LogP contribution in [0.4, 0.5) is 0 Å². The van der Waals surface area contributed by atoms with E-state index in [1.165, 1.54) is 15.4 Å². The predicted octanol–water partition coefficient (Wildman–Crippen LogP) is 3.13. The van der Waals surface area contributed by atoms with Gasteiger partial charge in [0.15, 0.2) is 0 Å². The van der Waals surface area contributed by atoms with Gasteiger partial charge in [-0.3, -0.25) is 9.69 Å². The van der Waals surface area contributed by atoms with Crippen molar-refractivity contribution in [3.63, 3.8) is 0 Å². The van der Waals surface area contributed by atoms with Gasteiger partial charge < -0.3 is 4.90 Å². The fraction of sp³-hybridized carbons (Fsp3) is 0.458. The molecule has 2 aromatic carbocycles. The van der Waals surface area contributed by atoms with Gasteiger partial charge in [0, 0.05) is 51.4 Å². The van der Waals surface area contributed by atoms with Crippen LogP contribution in [0.3, 0.4) is 0 Å². The van der Waals surface area contributed by atoms with Crippen LogP contribution in [-0.4, -0.2) is 67.7 Å². The Balaban J connectivity index is 1.38. The first kappa shape index (κ1) is 22.0. The molecular formula is C24H31N3O3S. The van der Waals surface area contributed by atoms with E-state index >= 15 is 0 Å². The summed E-state index contributed by atoms with van der Waals surface area (Å²) in [6, 6.07) is 14.9. The summed E-state index contributed by atoms with van der Waals surface area (Å²) in [6.45, 7) is 7.39. The smallest absolute Gasteiger partial charge is 0.253 e. The monoisotopic (exact) mass is 441 g/mol. The third kappa shape index (κ3) is 5.00. The summed E-state index contributed by atoms with van der Waals surface area (Å²) in [4.78, 5) is 17.6. The average molecular weight is 442 g/mol. The predicted molar refractivity (Wildman–Crippen MR) is 121 cm³/mol. The van der Waals surface area contributed by atoms with E-state index in [9.17, 15) is 13.2 Å². The molecule has 2 heterocycles. The molecule has 4 rings (SSSR count). The van der Waals surface area contributed by atoms with Gasteiger partial charge in [0.25, 0.3) is 5.91 Å². The van der Waals surface area contributed by atoms with E-state index in [0.29, 0.717) is 25.2 Å². The lowest BCUT2D eigenvalue weighted by molar-refractivity contribution is 0.0761. The van der Waals surface area contributed by atoms with Gasteiger partial charge in [-0.15, -0.1) is 0 Å². The van der Waals surface area contributed by atoms with Crippen LogP contribution in [0.2, 0.25) is 0 Å². The lowest BCUT2D eigenvalue weighted by atomic mass is 10.1. The molecule has 0 unspecified atom stereocenters. The topological polar surface area (TPSA) is 60.9 Å². The molecule has 2 aliphatic heterocycles. The zero-order chi connectivity index (χ0) is 21.8. The van der Waals surface area contributed by atoms with Gasteiger partial charge in [0.2, 0.25) is 10.0 Å². The van der Waals surface area contributed by atoms with Crippen LogP contribution in [-0.2, 0) is 16.6 Å². The average Bonchev–Trinajstić information content (AvgIpc) is 3.23. The van der Waals surface area contributed by atoms with Gasteiger partial charge in [-0.2, -0.15) is 4.31 Å². The summed E-state index contributed by atoms with van der Waals surface area (Å²) in [5.74, 6) is -0.0251. The summed E-state index contributed by atoms with van der Waals surface area (Å²) in [7, 11) is -3.45. The van der Waals surface area contributed by atoms with Crippen LogP contribution in [0.1, 0.15) is 40.7 Å². The number of nitrogens with zero attached hydrogens (tertiary/aromatic N) is 3. The minimum Gasteiger partial charge on any atom is -0.337 e. The maximum Gasteiger partial charge on any atom is 0.253 e. The molecule has 6 nitrogen and oxygen atoms in total. The van der Waals surface area contributed by atoms with Crippen LogP contribution in [0.25, 0.3) is 0 Å². The molecule has 0 radical (unpaired) electrons. The molecule has 2 aromatic rings. The van der Waals surface area contributed by atoms with E-state index in [1.54, 1.807) is 24.3 Å². The van der Waals surface area contributed by atoms with Crippen molar-refractivity contribution in [3.05, 3.63) is 65.2 Å². The number of rotatable bonds is 5. The number of amides is 1. The number of carbonyl (C=O) groups excluding carboxylic acids is 1. The number of sulfonamides is 1. The molecule has 0 aromatic heterocycles. The fourth-order valence-electron chi connectivity index (χ4n) is 4.39. The first-order chi connectivity index (χ1) is 14.9. The Morgan fingerprint density at radius 2 is 1.55 bits per heavy atom. The second-order valence-corrected chi connectivity index (χ2v) is 10.4. The number of hydrogen-bond donors (Lipinski definition) is 0. The van der Waals surface area contributed by atoms with Gasteiger partial charge >= 0.3 is 0 Å². The second kappa shape index (κ2) is 9.51. The van der Waals surface area contributed by atoms with Gasteiger partial charge in [-0.1, -0.05) is 24.3 Å². The van der Waals surface area contributed by atoms with E-state index in [0.717, 1.165) is 45.4 Å². The van der Waals surface area contributed by atoms with Crippen molar-refractivity contribution in [1.82, 2.24) is 14.1 Å². The molecule has 0 saturated carbocycles. The maximum atomic E-state index is 13.0. The fourth-order valence-corrected chi connectivity index (χ4v) is 5.91. The summed E-state index contributed by atoms with van der Waals surface area (Å²) < 4.78 is 26.9. The normalized spacial score (nSPS) is 18.8. The highest BCUT2D eigenvalue weighted by Crippen LogP contribution is 2.22. The quantitative estimate of drug-likeness (QED) is 0.715. The first-order valence-corrected chi connectivity index (χ1v) is 12.6. The van der Waals surface area contributed by atoms with E-state index in [1.807, 2.05) is 4.90 Å². The van der Waals surface area contributed by atoms with E-state index in [4.69, 9.17) is 0 Å².